The second kappa shape index (κ2) is 9.74. The van der Waals surface area contributed by atoms with Gasteiger partial charge in [0.25, 0.3) is 0 Å². The monoisotopic (exact) mass is 356 g/mol. The molecule has 1 aliphatic rings. The molecular formula is C18H29ClN2O3. The van der Waals surface area contributed by atoms with Crippen LogP contribution in [0.2, 0.25) is 0 Å². The van der Waals surface area contributed by atoms with Crippen LogP contribution in [0.1, 0.15) is 51.6 Å². The topological polar surface area (TPSA) is 59.6 Å². The van der Waals surface area contributed by atoms with Crippen LogP contribution in [0, 0.1) is 0 Å². The summed E-state index contributed by atoms with van der Waals surface area (Å²) in [5.41, 5.74) is 1.00. The molecule has 2 unspecified atom stereocenters. The minimum atomic E-state index is -0.0757. The van der Waals surface area contributed by atoms with Gasteiger partial charge in [0.15, 0.2) is 11.5 Å². The number of rotatable bonds is 6. The molecule has 1 amide bonds. The third-order valence-corrected chi connectivity index (χ3v) is 4.04. The SMILES string of the molecule is COc1cc(C(C)NC(=O)C2CCCCN2)ccc1OC(C)C.Cl. The Morgan fingerprint density at radius 3 is 2.58 bits per heavy atom. The van der Waals surface area contributed by atoms with Crippen LogP contribution < -0.4 is 20.1 Å². The van der Waals surface area contributed by atoms with Gasteiger partial charge in [-0.1, -0.05) is 12.5 Å². The van der Waals surface area contributed by atoms with Gasteiger partial charge in [-0.3, -0.25) is 4.79 Å². The summed E-state index contributed by atoms with van der Waals surface area (Å²) in [6.07, 6.45) is 3.25. The van der Waals surface area contributed by atoms with Crippen LogP contribution in [-0.4, -0.2) is 31.7 Å². The van der Waals surface area contributed by atoms with Gasteiger partial charge in [0.05, 0.1) is 25.3 Å². The van der Waals surface area contributed by atoms with Crippen LogP contribution in [0.5, 0.6) is 11.5 Å². The van der Waals surface area contributed by atoms with Gasteiger partial charge in [-0.05, 0) is 57.9 Å². The molecule has 136 valence electrons. The van der Waals surface area contributed by atoms with Crippen molar-refractivity contribution in [3.05, 3.63) is 23.8 Å². The first kappa shape index (κ1) is 20.6. The van der Waals surface area contributed by atoms with Crippen LogP contribution in [0.15, 0.2) is 18.2 Å². The van der Waals surface area contributed by atoms with Crippen molar-refractivity contribution in [3.63, 3.8) is 0 Å². The highest BCUT2D eigenvalue weighted by Crippen LogP contribution is 2.31. The highest BCUT2D eigenvalue weighted by molar-refractivity contribution is 5.85. The fourth-order valence-electron chi connectivity index (χ4n) is 2.78. The minimum absolute atomic E-state index is 0. The quantitative estimate of drug-likeness (QED) is 0.821. The summed E-state index contributed by atoms with van der Waals surface area (Å²) < 4.78 is 11.1. The summed E-state index contributed by atoms with van der Waals surface area (Å²) in [7, 11) is 1.63. The molecule has 0 bridgehead atoms. The molecule has 0 saturated carbocycles. The molecule has 24 heavy (non-hydrogen) atoms. The molecule has 0 radical (unpaired) electrons. The van der Waals surface area contributed by atoms with Crippen LogP contribution in [0.25, 0.3) is 0 Å². The van der Waals surface area contributed by atoms with E-state index in [0.29, 0.717) is 5.75 Å². The first-order chi connectivity index (χ1) is 11.0. The van der Waals surface area contributed by atoms with Gasteiger partial charge in [-0.15, -0.1) is 12.4 Å². The number of hydrogen-bond donors (Lipinski definition) is 2. The third-order valence-electron chi connectivity index (χ3n) is 4.04. The molecule has 6 heteroatoms. The zero-order valence-electron chi connectivity index (χ0n) is 14.9. The number of piperidine rings is 1. The summed E-state index contributed by atoms with van der Waals surface area (Å²) in [5, 5.41) is 6.35. The highest BCUT2D eigenvalue weighted by atomic mass is 35.5. The van der Waals surface area contributed by atoms with E-state index in [1.54, 1.807) is 7.11 Å². The van der Waals surface area contributed by atoms with Crippen LogP contribution >= 0.6 is 12.4 Å². The molecule has 2 N–H and O–H groups in total. The fourth-order valence-corrected chi connectivity index (χ4v) is 2.78. The molecule has 1 aromatic rings. The van der Waals surface area contributed by atoms with Crippen molar-refractivity contribution in [2.45, 2.75) is 58.2 Å². The van der Waals surface area contributed by atoms with Gasteiger partial charge >= 0.3 is 0 Å². The highest BCUT2D eigenvalue weighted by Gasteiger charge is 2.22. The lowest BCUT2D eigenvalue weighted by Crippen LogP contribution is -2.47. The van der Waals surface area contributed by atoms with Crippen molar-refractivity contribution in [2.75, 3.05) is 13.7 Å². The second-order valence-corrected chi connectivity index (χ2v) is 6.31. The Bertz CT molecular complexity index is 531. The second-order valence-electron chi connectivity index (χ2n) is 6.31. The number of amides is 1. The Balaban J connectivity index is 0.00000288. The first-order valence-corrected chi connectivity index (χ1v) is 8.39. The molecule has 1 heterocycles. The molecule has 5 nitrogen and oxygen atoms in total. The maximum Gasteiger partial charge on any atom is 0.237 e. The van der Waals surface area contributed by atoms with Crippen molar-refractivity contribution < 1.29 is 14.3 Å². The molecule has 1 fully saturated rings. The van der Waals surface area contributed by atoms with E-state index >= 15 is 0 Å². The molecule has 0 aliphatic carbocycles. The molecule has 0 aromatic heterocycles. The van der Waals surface area contributed by atoms with Gasteiger partial charge in [0.1, 0.15) is 0 Å². The molecule has 1 saturated heterocycles. The van der Waals surface area contributed by atoms with E-state index in [4.69, 9.17) is 9.47 Å². The predicted octanol–water partition coefficient (Wildman–Crippen LogP) is 3.22. The zero-order valence-corrected chi connectivity index (χ0v) is 15.7. The van der Waals surface area contributed by atoms with Crippen molar-refractivity contribution in [1.29, 1.82) is 0 Å². The van der Waals surface area contributed by atoms with Crippen LogP contribution in [0.3, 0.4) is 0 Å². The lowest BCUT2D eigenvalue weighted by molar-refractivity contribution is -0.124. The smallest absolute Gasteiger partial charge is 0.237 e. The molecule has 2 rings (SSSR count). The number of nitrogens with one attached hydrogen (secondary N) is 2. The third kappa shape index (κ3) is 5.56. The Morgan fingerprint density at radius 1 is 1.25 bits per heavy atom. The van der Waals surface area contributed by atoms with Crippen molar-refractivity contribution in [1.82, 2.24) is 10.6 Å². The zero-order chi connectivity index (χ0) is 16.8. The van der Waals surface area contributed by atoms with Gasteiger partial charge in [-0.25, -0.2) is 0 Å². The first-order valence-electron chi connectivity index (χ1n) is 8.39. The van der Waals surface area contributed by atoms with Crippen molar-refractivity contribution in [3.8, 4) is 11.5 Å². The fraction of sp³-hybridized carbons (Fsp3) is 0.611. The summed E-state index contributed by atoms with van der Waals surface area (Å²) in [5.74, 6) is 1.48. The minimum Gasteiger partial charge on any atom is -0.493 e. The number of carbonyl (C=O) groups excluding carboxylic acids is 1. The molecule has 1 aromatic carbocycles. The predicted molar refractivity (Wildman–Crippen MR) is 98.2 cm³/mol. The lowest BCUT2D eigenvalue weighted by atomic mass is 10.0. The largest absolute Gasteiger partial charge is 0.493 e. The van der Waals surface area contributed by atoms with Crippen LogP contribution in [-0.2, 0) is 4.79 Å². The molecule has 2 atom stereocenters. The Hall–Kier alpha value is -1.46. The van der Waals surface area contributed by atoms with E-state index < -0.39 is 0 Å². The van der Waals surface area contributed by atoms with Gasteiger partial charge in [0.2, 0.25) is 5.91 Å². The number of carbonyl (C=O) groups is 1. The van der Waals surface area contributed by atoms with Gasteiger partial charge < -0.3 is 20.1 Å². The van der Waals surface area contributed by atoms with Crippen LogP contribution in [0.4, 0.5) is 0 Å². The maximum atomic E-state index is 12.3. The van der Waals surface area contributed by atoms with E-state index in [0.717, 1.165) is 37.1 Å². The molecule has 0 spiro atoms. The number of methoxy groups -OCH3 is 1. The van der Waals surface area contributed by atoms with E-state index in [-0.39, 0.29) is 36.5 Å². The van der Waals surface area contributed by atoms with Gasteiger partial charge in [-0.2, -0.15) is 0 Å². The van der Waals surface area contributed by atoms with Crippen molar-refractivity contribution in [2.24, 2.45) is 0 Å². The molecular weight excluding hydrogens is 328 g/mol. The Labute approximate surface area is 150 Å². The number of benzene rings is 1. The summed E-state index contributed by atoms with van der Waals surface area (Å²) in [6.45, 7) is 6.86. The van der Waals surface area contributed by atoms with Gasteiger partial charge in [0, 0.05) is 0 Å². The van der Waals surface area contributed by atoms with E-state index in [1.165, 1.54) is 0 Å². The maximum absolute atomic E-state index is 12.3. The standard InChI is InChI=1S/C18H28N2O3.ClH/c1-12(2)23-16-9-8-14(11-17(16)22-4)13(3)20-18(21)15-7-5-6-10-19-15;/h8-9,11-13,15,19H,5-7,10H2,1-4H3,(H,20,21);1H. The van der Waals surface area contributed by atoms with E-state index in [9.17, 15) is 4.79 Å². The summed E-state index contributed by atoms with van der Waals surface area (Å²) in [4.78, 5) is 12.3. The Kier molecular flexibility index (Phi) is 8.36. The summed E-state index contributed by atoms with van der Waals surface area (Å²) in [6, 6.07) is 5.65. The number of ether oxygens (including phenoxy) is 2. The van der Waals surface area contributed by atoms with E-state index in [2.05, 4.69) is 10.6 Å². The summed E-state index contributed by atoms with van der Waals surface area (Å²) >= 11 is 0. The lowest BCUT2D eigenvalue weighted by Gasteiger charge is -2.25. The number of hydrogen-bond acceptors (Lipinski definition) is 4. The Morgan fingerprint density at radius 2 is 2.00 bits per heavy atom. The van der Waals surface area contributed by atoms with E-state index in [1.807, 2.05) is 39.0 Å². The average molecular weight is 357 g/mol. The number of halogens is 1. The molecule has 1 aliphatic heterocycles. The van der Waals surface area contributed by atoms with Crippen molar-refractivity contribution >= 4 is 18.3 Å². The average Bonchev–Trinajstić information content (AvgIpc) is 2.55. The normalized spacial score (nSPS) is 18.5.